The van der Waals surface area contributed by atoms with Crippen LogP contribution in [0.5, 0.6) is 11.5 Å². The van der Waals surface area contributed by atoms with Gasteiger partial charge in [0.15, 0.2) is 11.5 Å². The molecule has 154 valence electrons. The van der Waals surface area contributed by atoms with Crippen molar-refractivity contribution in [3.05, 3.63) is 84.3 Å². The van der Waals surface area contributed by atoms with Gasteiger partial charge in [-0.15, -0.1) is 22.0 Å². The maximum atomic E-state index is 12.2. The van der Waals surface area contributed by atoms with E-state index in [2.05, 4.69) is 15.5 Å². The third-order valence-electron chi connectivity index (χ3n) is 4.60. The molecule has 1 amide bonds. The van der Waals surface area contributed by atoms with E-state index in [1.807, 2.05) is 60.7 Å². The lowest BCUT2D eigenvalue weighted by molar-refractivity contribution is 0.102. The number of nitrogens with one attached hydrogen (secondary N) is 1. The molecular weight excluding hydrogens is 414 g/mol. The third kappa shape index (κ3) is 4.39. The van der Waals surface area contributed by atoms with Crippen molar-refractivity contribution >= 4 is 23.4 Å². The van der Waals surface area contributed by atoms with E-state index >= 15 is 0 Å². The van der Waals surface area contributed by atoms with Gasteiger partial charge in [-0.05, 0) is 54.6 Å². The highest BCUT2D eigenvalue weighted by molar-refractivity contribution is 7.98. The highest BCUT2D eigenvalue weighted by atomic mass is 32.2. The molecule has 0 radical (unpaired) electrons. The molecule has 1 N–H and O–H groups in total. The number of ether oxygens (including phenoxy) is 2. The molecule has 0 atom stereocenters. The Hall–Kier alpha value is -3.78. The topological polar surface area (TPSA) is 86.5 Å². The first kappa shape index (κ1) is 19.2. The summed E-state index contributed by atoms with van der Waals surface area (Å²) in [5.74, 6) is 2.75. The average molecular weight is 431 g/mol. The van der Waals surface area contributed by atoms with Crippen LogP contribution in [0.2, 0.25) is 0 Å². The monoisotopic (exact) mass is 431 g/mol. The second-order valence-corrected chi connectivity index (χ2v) is 7.75. The van der Waals surface area contributed by atoms with E-state index in [9.17, 15) is 4.79 Å². The molecule has 0 spiro atoms. The fraction of sp³-hybridized carbons (Fsp3) is 0.0870. The second-order valence-electron chi connectivity index (χ2n) is 6.70. The fourth-order valence-corrected chi connectivity index (χ4v) is 3.77. The van der Waals surface area contributed by atoms with Crippen LogP contribution < -0.4 is 14.8 Å². The molecule has 1 aliphatic heterocycles. The number of carbonyl (C=O) groups is 1. The van der Waals surface area contributed by atoms with Gasteiger partial charge in [-0.3, -0.25) is 4.79 Å². The Morgan fingerprint density at radius 3 is 2.58 bits per heavy atom. The molecule has 0 saturated carbocycles. The maximum absolute atomic E-state index is 12.2. The Morgan fingerprint density at radius 2 is 1.74 bits per heavy atom. The van der Waals surface area contributed by atoms with Crippen molar-refractivity contribution in [1.82, 2.24) is 10.2 Å². The molecule has 5 rings (SSSR count). The summed E-state index contributed by atoms with van der Waals surface area (Å²) in [6.07, 6.45) is 0. The summed E-state index contributed by atoms with van der Waals surface area (Å²) in [6, 6.07) is 22.3. The summed E-state index contributed by atoms with van der Waals surface area (Å²) >= 11 is 1.57. The van der Waals surface area contributed by atoms with E-state index < -0.39 is 0 Å². The lowest BCUT2D eigenvalue weighted by Crippen LogP contribution is -2.11. The molecule has 1 aliphatic rings. The van der Waals surface area contributed by atoms with Crippen LogP contribution in [0, 0.1) is 0 Å². The smallest absolute Gasteiger partial charge is 0.255 e. The van der Waals surface area contributed by atoms with Crippen LogP contribution in [-0.4, -0.2) is 22.9 Å². The van der Waals surface area contributed by atoms with Gasteiger partial charge in [0.1, 0.15) is 0 Å². The van der Waals surface area contributed by atoms with Gasteiger partial charge in [0.2, 0.25) is 18.6 Å². The summed E-state index contributed by atoms with van der Waals surface area (Å²) in [5.41, 5.74) is 2.14. The fourth-order valence-electron chi connectivity index (χ4n) is 3.03. The number of nitrogens with zero attached hydrogens (tertiary/aromatic N) is 2. The molecule has 31 heavy (non-hydrogen) atoms. The minimum atomic E-state index is -0.136. The van der Waals surface area contributed by atoms with Crippen LogP contribution in [-0.2, 0) is 5.75 Å². The lowest BCUT2D eigenvalue weighted by atomic mass is 10.2. The predicted molar refractivity (Wildman–Crippen MR) is 116 cm³/mol. The zero-order valence-corrected chi connectivity index (χ0v) is 17.1. The summed E-state index contributed by atoms with van der Waals surface area (Å²) in [4.78, 5) is 13.3. The van der Waals surface area contributed by atoms with Gasteiger partial charge in [-0.2, -0.15) is 0 Å². The first-order valence-corrected chi connectivity index (χ1v) is 10.5. The van der Waals surface area contributed by atoms with Crippen molar-refractivity contribution in [2.45, 2.75) is 10.6 Å². The maximum Gasteiger partial charge on any atom is 0.255 e. The van der Waals surface area contributed by atoms with Gasteiger partial charge in [-0.1, -0.05) is 18.2 Å². The van der Waals surface area contributed by atoms with Gasteiger partial charge < -0.3 is 19.2 Å². The number of rotatable bonds is 6. The van der Waals surface area contributed by atoms with E-state index in [-0.39, 0.29) is 12.7 Å². The number of hydrogen-bond donors (Lipinski definition) is 1. The largest absolute Gasteiger partial charge is 0.454 e. The molecule has 8 heteroatoms. The van der Waals surface area contributed by atoms with Gasteiger partial charge in [-0.25, -0.2) is 0 Å². The molecule has 1 aromatic heterocycles. The van der Waals surface area contributed by atoms with Gasteiger partial charge in [0, 0.05) is 21.7 Å². The number of carbonyl (C=O) groups excluding carboxylic acids is 1. The van der Waals surface area contributed by atoms with Crippen molar-refractivity contribution in [1.29, 1.82) is 0 Å². The summed E-state index contributed by atoms with van der Waals surface area (Å²) < 4.78 is 16.5. The minimum absolute atomic E-state index is 0.136. The molecule has 0 fully saturated rings. The SMILES string of the molecule is O=C(Nc1ccc(SCc2nnc(-c3ccc4c(c3)OCO4)o2)cc1)c1ccccc1. The predicted octanol–water partition coefficient (Wildman–Crippen LogP) is 5.01. The molecule has 3 aromatic carbocycles. The van der Waals surface area contributed by atoms with E-state index in [0.717, 1.165) is 16.1 Å². The van der Waals surface area contributed by atoms with Crippen LogP contribution in [0.25, 0.3) is 11.5 Å². The molecule has 0 bridgehead atoms. The van der Waals surface area contributed by atoms with Crippen LogP contribution in [0.3, 0.4) is 0 Å². The molecule has 0 aliphatic carbocycles. The number of benzene rings is 3. The number of thioether (sulfide) groups is 1. The summed E-state index contributed by atoms with van der Waals surface area (Å²) in [6.45, 7) is 0.221. The molecule has 0 saturated heterocycles. The molecule has 4 aromatic rings. The zero-order valence-electron chi connectivity index (χ0n) is 16.3. The molecule has 2 heterocycles. The quantitative estimate of drug-likeness (QED) is 0.430. The molecule has 7 nitrogen and oxygen atoms in total. The van der Waals surface area contributed by atoms with Crippen molar-refractivity contribution in [2.75, 3.05) is 12.1 Å². The second kappa shape index (κ2) is 8.53. The highest BCUT2D eigenvalue weighted by Gasteiger charge is 2.16. The van der Waals surface area contributed by atoms with Crippen molar-refractivity contribution in [3.8, 4) is 23.0 Å². The Balaban J connectivity index is 1.18. The van der Waals surface area contributed by atoms with Crippen LogP contribution in [0.15, 0.2) is 82.1 Å². The van der Waals surface area contributed by atoms with E-state index in [0.29, 0.717) is 34.6 Å². The average Bonchev–Trinajstić information content (AvgIpc) is 3.48. The van der Waals surface area contributed by atoms with Crippen molar-refractivity contribution < 1.29 is 18.7 Å². The standard InChI is InChI=1S/C23H17N3O4S/c27-22(15-4-2-1-3-5-15)24-17-7-9-18(10-8-17)31-13-21-25-26-23(30-21)16-6-11-19-20(12-16)29-14-28-19/h1-12H,13-14H2,(H,24,27). The van der Waals surface area contributed by atoms with Crippen molar-refractivity contribution in [3.63, 3.8) is 0 Å². The van der Waals surface area contributed by atoms with Crippen molar-refractivity contribution in [2.24, 2.45) is 0 Å². The Kier molecular flexibility index (Phi) is 5.28. The Labute approximate surface area is 182 Å². The number of hydrogen-bond acceptors (Lipinski definition) is 7. The zero-order chi connectivity index (χ0) is 21.0. The normalized spacial score (nSPS) is 12.0. The third-order valence-corrected chi connectivity index (χ3v) is 5.59. The minimum Gasteiger partial charge on any atom is -0.454 e. The Morgan fingerprint density at radius 1 is 0.935 bits per heavy atom. The Bertz CT molecular complexity index is 1210. The van der Waals surface area contributed by atoms with Gasteiger partial charge in [0.25, 0.3) is 5.91 Å². The first-order chi connectivity index (χ1) is 15.2. The summed E-state index contributed by atoms with van der Waals surface area (Å²) in [5, 5.41) is 11.1. The van der Waals surface area contributed by atoms with E-state index in [1.165, 1.54) is 0 Å². The lowest BCUT2D eigenvalue weighted by Gasteiger charge is -2.06. The van der Waals surface area contributed by atoms with Crippen LogP contribution in [0.1, 0.15) is 16.2 Å². The van der Waals surface area contributed by atoms with Gasteiger partial charge >= 0.3 is 0 Å². The van der Waals surface area contributed by atoms with Crippen LogP contribution in [0.4, 0.5) is 5.69 Å². The van der Waals surface area contributed by atoms with E-state index in [1.54, 1.807) is 23.9 Å². The number of anilines is 1. The number of fused-ring (bicyclic) bond motifs is 1. The number of aromatic nitrogens is 2. The molecular formula is C23H17N3O4S. The molecule has 0 unspecified atom stereocenters. The first-order valence-electron chi connectivity index (χ1n) is 9.56. The van der Waals surface area contributed by atoms with Crippen LogP contribution >= 0.6 is 11.8 Å². The van der Waals surface area contributed by atoms with Gasteiger partial charge in [0.05, 0.1) is 5.75 Å². The highest BCUT2D eigenvalue weighted by Crippen LogP contribution is 2.35. The van der Waals surface area contributed by atoms with E-state index in [4.69, 9.17) is 13.9 Å². The number of amides is 1. The summed E-state index contributed by atoms with van der Waals surface area (Å²) in [7, 11) is 0.